The fraction of sp³-hybridized carbons (Fsp3) is 0.353. The fourth-order valence-electron chi connectivity index (χ4n) is 2.23. The molecule has 20 heavy (non-hydrogen) atoms. The maximum atomic E-state index is 6.20. The zero-order valence-electron chi connectivity index (χ0n) is 12.3. The standard InChI is InChI=1S/C17H22N2O/c1-12(2)15-6-4-5-7-16(15)20-17(13(3)18)14-8-10-19-11-9-14/h4-13,17H,18H2,1-3H3. The van der Waals surface area contributed by atoms with Gasteiger partial charge in [-0.2, -0.15) is 0 Å². The summed E-state index contributed by atoms with van der Waals surface area (Å²) in [5.41, 5.74) is 8.35. The van der Waals surface area contributed by atoms with Crippen molar-refractivity contribution in [2.24, 2.45) is 5.73 Å². The Balaban J connectivity index is 2.30. The van der Waals surface area contributed by atoms with Crippen LogP contribution in [0.2, 0.25) is 0 Å². The molecule has 0 radical (unpaired) electrons. The molecule has 3 nitrogen and oxygen atoms in total. The number of ether oxygens (including phenoxy) is 1. The molecule has 3 heteroatoms. The minimum absolute atomic E-state index is 0.0994. The van der Waals surface area contributed by atoms with E-state index in [2.05, 4.69) is 24.9 Å². The molecule has 0 bridgehead atoms. The van der Waals surface area contributed by atoms with Gasteiger partial charge in [0, 0.05) is 18.4 Å². The van der Waals surface area contributed by atoms with Crippen LogP contribution < -0.4 is 10.5 Å². The van der Waals surface area contributed by atoms with E-state index in [1.54, 1.807) is 12.4 Å². The molecule has 1 aromatic heterocycles. The summed E-state index contributed by atoms with van der Waals surface area (Å²) in [7, 11) is 0. The Bertz CT molecular complexity index is 538. The van der Waals surface area contributed by atoms with Gasteiger partial charge in [0.15, 0.2) is 0 Å². The van der Waals surface area contributed by atoms with Crippen LogP contribution in [0.25, 0.3) is 0 Å². The van der Waals surface area contributed by atoms with Gasteiger partial charge in [0.2, 0.25) is 0 Å². The van der Waals surface area contributed by atoms with Crippen LogP contribution in [-0.4, -0.2) is 11.0 Å². The van der Waals surface area contributed by atoms with Crippen LogP contribution in [0.1, 0.15) is 43.9 Å². The number of pyridine rings is 1. The summed E-state index contributed by atoms with van der Waals surface area (Å²) in [6.07, 6.45) is 3.36. The molecule has 0 aliphatic carbocycles. The lowest BCUT2D eigenvalue weighted by Crippen LogP contribution is -2.29. The molecule has 0 fully saturated rings. The van der Waals surface area contributed by atoms with Crippen LogP contribution in [0.5, 0.6) is 5.75 Å². The van der Waals surface area contributed by atoms with Gasteiger partial charge in [-0.05, 0) is 42.2 Å². The molecule has 2 unspecified atom stereocenters. The minimum atomic E-state index is -0.169. The lowest BCUT2D eigenvalue weighted by molar-refractivity contribution is 0.178. The molecular formula is C17H22N2O. The van der Waals surface area contributed by atoms with Crippen molar-refractivity contribution in [1.82, 2.24) is 4.98 Å². The second-order valence-corrected chi connectivity index (χ2v) is 5.37. The molecular weight excluding hydrogens is 248 g/mol. The summed E-state index contributed by atoms with van der Waals surface area (Å²) >= 11 is 0. The first kappa shape index (κ1) is 14.5. The highest BCUT2D eigenvalue weighted by molar-refractivity contribution is 5.36. The van der Waals surface area contributed by atoms with Crippen LogP contribution in [0.3, 0.4) is 0 Å². The van der Waals surface area contributed by atoms with E-state index in [9.17, 15) is 0 Å². The van der Waals surface area contributed by atoms with Gasteiger partial charge in [-0.25, -0.2) is 0 Å². The second-order valence-electron chi connectivity index (χ2n) is 5.37. The summed E-state index contributed by atoms with van der Waals surface area (Å²) < 4.78 is 6.20. The number of benzene rings is 1. The first-order chi connectivity index (χ1) is 9.59. The van der Waals surface area contributed by atoms with E-state index >= 15 is 0 Å². The number of aromatic nitrogens is 1. The Kier molecular flexibility index (Phi) is 4.74. The molecule has 2 rings (SSSR count). The van der Waals surface area contributed by atoms with Crippen molar-refractivity contribution in [3.05, 3.63) is 59.9 Å². The van der Waals surface area contributed by atoms with Crippen molar-refractivity contribution in [1.29, 1.82) is 0 Å². The third-order valence-electron chi connectivity index (χ3n) is 3.31. The topological polar surface area (TPSA) is 48.1 Å². The number of nitrogens with two attached hydrogens (primary N) is 1. The van der Waals surface area contributed by atoms with Crippen molar-refractivity contribution >= 4 is 0 Å². The molecule has 0 spiro atoms. The molecule has 1 heterocycles. The second kappa shape index (κ2) is 6.53. The highest BCUT2D eigenvalue weighted by Gasteiger charge is 2.20. The van der Waals surface area contributed by atoms with E-state index in [0.717, 1.165) is 11.3 Å². The first-order valence-corrected chi connectivity index (χ1v) is 7.00. The van der Waals surface area contributed by atoms with Gasteiger partial charge in [-0.1, -0.05) is 32.0 Å². The van der Waals surface area contributed by atoms with E-state index in [1.165, 1.54) is 5.56 Å². The molecule has 2 aromatic rings. The maximum absolute atomic E-state index is 6.20. The summed E-state index contributed by atoms with van der Waals surface area (Å²) in [6, 6.07) is 11.9. The third kappa shape index (κ3) is 3.36. The number of para-hydroxylation sites is 1. The van der Waals surface area contributed by atoms with E-state index in [4.69, 9.17) is 10.5 Å². The Morgan fingerprint density at radius 3 is 2.25 bits per heavy atom. The van der Waals surface area contributed by atoms with Crippen molar-refractivity contribution in [3.63, 3.8) is 0 Å². The fourth-order valence-corrected chi connectivity index (χ4v) is 2.23. The molecule has 0 aliphatic rings. The van der Waals surface area contributed by atoms with E-state index in [-0.39, 0.29) is 12.1 Å². The zero-order valence-corrected chi connectivity index (χ0v) is 12.3. The number of nitrogens with zero attached hydrogens (tertiary/aromatic N) is 1. The van der Waals surface area contributed by atoms with Gasteiger partial charge in [0.25, 0.3) is 0 Å². The van der Waals surface area contributed by atoms with Crippen molar-refractivity contribution in [2.75, 3.05) is 0 Å². The quantitative estimate of drug-likeness (QED) is 0.901. The molecule has 2 N–H and O–H groups in total. The van der Waals surface area contributed by atoms with Crippen LogP contribution in [0.4, 0.5) is 0 Å². The van der Waals surface area contributed by atoms with Gasteiger partial charge >= 0.3 is 0 Å². The smallest absolute Gasteiger partial charge is 0.139 e. The van der Waals surface area contributed by atoms with E-state index in [0.29, 0.717) is 5.92 Å². The van der Waals surface area contributed by atoms with Crippen LogP contribution in [0, 0.1) is 0 Å². The summed E-state index contributed by atoms with van der Waals surface area (Å²) in [5, 5.41) is 0. The van der Waals surface area contributed by atoms with E-state index in [1.807, 2.05) is 37.3 Å². The monoisotopic (exact) mass is 270 g/mol. The third-order valence-corrected chi connectivity index (χ3v) is 3.31. The number of hydrogen-bond donors (Lipinski definition) is 1. The normalized spacial score (nSPS) is 14.1. The van der Waals surface area contributed by atoms with Gasteiger partial charge in [0.1, 0.15) is 11.9 Å². The SMILES string of the molecule is CC(C)c1ccccc1OC(c1ccncc1)C(C)N. The van der Waals surface area contributed by atoms with Crippen LogP contribution in [0.15, 0.2) is 48.8 Å². The van der Waals surface area contributed by atoms with Crippen molar-refractivity contribution in [2.45, 2.75) is 38.8 Å². The molecule has 2 atom stereocenters. The summed E-state index contributed by atoms with van der Waals surface area (Å²) in [6.45, 7) is 6.29. The summed E-state index contributed by atoms with van der Waals surface area (Å²) in [4.78, 5) is 4.04. The highest BCUT2D eigenvalue weighted by Crippen LogP contribution is 2.31. The average molecular weight is 270 g/mol. The lowest BCUT2D eigenvalue weighted by Gasteiger charge is -2.25. The number of hydrogen-bond acceptors (Lipinski definition) is 3. The van der Waals surface area contributed by atoms with Gasteiger partial charge in [0.05, 0.1) is 0 Å². The van der Waals surface area contributed by atoms with Crippen molar-refractivity contribution in [3.8, 4) is 5.75 Å². The zero-order chi connectivity index (χ0) is 14.5. The molecule has 0 aliphatic heterocycles. The number of rotatable bonds is 5. The Labute approximate surface area is 120 Å². The largest absolute Gasteiger partial charge is 0.484 e. The van der Waals surface area contributed by atoms with Gasteiger partial charge in [-0.15, -0.1) is 0 Å². The maximum Gasteiger partial charge on any atom is 0.139 e. The van der Waals surface area contributed by atoms with Crippen LogP contribution in [-0.2, 0) is 0 Å². The van der Waals surface area contributed by atoms with Gasteiger partial charge in [-0.3, -0.25) is 4.98 Å². The Morgan fingerprint density at radius 2 is 1.65 bits per heavy atom. The predicted octanol–water partition coefficient (Wildman–Crippen LogP) is 3.67. The molecule has 106 valence electrons. The average Bonchev–Trinajstić information content (AvgIpc) is 2.45. The molecule has 0 saturated carbocycles. The van der Waals surface area contributed by atoms with Crippen molar-refractivity contribution < 1.29 is 4.74 Å². The molecule has 0 saturated heterocycles. The first-order valence-electron chi connectivity index (χ1n) is 7.00. The highest BCUT2D eigenvalue weighted by atomic mass is 16.5. The Morgan fingerprint density at radius 1 is 1.00 bits per heavy atom. The predicted molar refractivity (Wildman–Crippen MR) is 81.8 cm³/mol. The summed E-state index contributed by atoms with van der Waals surface area (Å²) in [5.74, 6) is 1.32. The minimum Gasteiger partial charge on any atom is -0.484 e. The lowest BCUT2D eigenvalue weighted by atomic mass is 10.0. The molecule has 1 aromatic carbocycles. The van der Waals surface area contributed by atoms with Gasteiger partial charge < -0.3 is 10.5 Å². The van der Waals surface area contributed by atoms with Crippen LogP contribution >= 0.6 is 0 Å². The molecule has 0 amide bonds. The Hall–Kier alpha value is -1.87. The van der Waals surface area contributed by atoms with E-state index < -0.39 is 0 Å².